The van der Waals surface area contributed by atoms with E-state index >= 15 is 0 Å². The van der Waals surface area contributed by atoms with Crippen LogP contribution >= 0.6 is 0 Å². The molecule has 0 bridgehead atoms. The molecule has 0 radical (unpaired) electrons. The van der Waals surface area contributed by atoms with Crippen LogP contribution in [0.15, 0.2) is 0 Å². The maximum atomic E-state index is 11.3. The smallest absolute Gasteiger partial charge is 0.236 e. The third-order valence-corrected chi connectivity index (χ3v) is 2.18. The first kappa shape index (κ1) is 9.48. The molecule has 1 heterocycles. The molecule has 0 atom stereocenters. The van der Waals surface area contributed by atoms with E-state index in [1.807, 2.05) is 4.90 Å². The summed E-state index contributed by atoms with van der Waals surface area (Å²) < 4.78 is 0. The van der Waals surface area contributed by atoms with Gasteiger partial charge < -0.3 is 15.1 Å². The minimum absolute atomic E-state index is 0.214. The van der Waals surface area contributed by atoms with Crippen molar-refractivity contribution in [3.05, 3.63) is 0 Å². The van der Waals surface area contributed by atoms with Crippen molar-refractivity contribution in [1.82, 2.24) is 15.1 Å². The Morgan fingerprint density at radius 3 is 2.42 bits per heavy atom. The Bertz CT molecular complexity index is 152. The van der Waals surface area contributed by atoms with E-state index in [4.69, 9.17) is 0 Å². The molecule has 0 aromatic carbocycles. The topological polar surface area (TPSA) is 35.6 Å². The van der Waals surface area contributed by atoms with Gasteiger partial charge in [0.15, 0.2) is 0 Å². The molecule has 1 N–H and O–H groups in total. The standard InChI is InChI=1S/C8H17N3O/c1-9-7-8(12)11-5-3-10(2)4-6-11/h9H,3-7H2,1-2H3. The van der Waals surface area contributed by atoms with Crippen molar-refractivity contribution in [2.75, 3.05) is 46.8 Å². The lowest BCUT2D eigenvalue weighted by Gasteiger charge is -2.32. The predicted octanol–water partition coefficient (Wildman–Crippen LogP) is -1.02. The van der Waals surface area contributed by atoms with E-state index in [9.17, 15) is 4.79 Å². The van der Waals surface area contributed by atoms with E-state index in [1.165, 1.54) is 0 Å². The van der Waals surface area contributed by atoms with Crippen molar-refractivity contribution in [3.63, 3.8) is 0 Å². The van der Waals surface area contributed by atoms with Gasteiger partial charge in [-0.3, -0.25) is 4.79 Å². The van der Waals surface area contributed by atoms with Crippen molar-refractivity contribution in [3.8, 4) is 0 Å². The van der Waals surface area contributed by atoms with Gasteiger partial charge in [0, 0.05) is 26.2 Å². The van der Waals surface area contributed by atoms with Crippen LogP contribution in [0.4, 0.5) is 0 Å². The molecule has 0 aromatic rings. The fourth-order valence-corrected chi connectivity index (χ4v) is 1.32. The molecule has 0 aliphatic carbocycles. The number of likely N-dealkylation sites (N-methyl/N-ethyl adjacent to an activating group) is 2. The summed E-state index contributed by atoms with van der Waals surface area (Å²) in [7, 11) is 3.88. The van der Waals surface area contributed by atoms with Crippen molar-refractivity contribution < 1.29 is 4.79 Å². The molecule has 1 fully saturated rings. The van der Waals surface area contributed by atoms with Gasteiger partial charge in [-0.15, -0.1) is 0 Å². The zero-order valence-electron chi connectivity index (χ0n) is 7.84. The molecule has 0 aromatic heterocycles. The van der Waals surface area contributed by atoms with Crippen molar-refractivity contribution in [2.24, 2.45) is 0 Å². The van der Waals surface area contributed by atoms with Gasteiger partial charge in [-0.1, -0.05) is 0 Å². The summed E-state index contributed by atoms with van der Waals surface area (Å²) in [5.74, 6) is 0.214. The fourth-order valence-electron chi connectivity index (χ4n) is 1.32. The van der Waals surface area contributed by atoms with Gasteiger partial charge in [0.05, 0.1) is 6.54 Å². The fraction of sp³-hybridized carbons (Fsp3) is 0.875. The molecule has 1 rings (SSSR count). The average Bonchev–Trinajstić information content (AvgIpc) is 2.06. The highest BCUT2D eigenvalue weighted by Gasteiger charge is 2.17. The van der Waals surface area contributed by atoms with Gasteiger partial charge in [0.25, 0.3) is 0 Å². The van der Waals surface area contributed by atoms with Crippen molar-refractivity contribution in [1.29, 1.82) is 0 Å². The lowest BCUT2D eigenvalue weighted by atomic mass is 10.3. The summed E-state index contributed by atoms with van der Waals surface area (Å²) in [6.45, 7) is 4.20. The summed E-state index contributed by atoms with van der Waals surface area (Å²) in [5, 5.41) is 2.87. The third kappa shape index (κ3) is 2.46. The van der Waals surface area contributed by atoms with Crippen LogP contribution < -0.4 is 5.32 Å². The Hall–Kier alpha value is -0.610. The average molecular weight is 171 g/mol. The highest BCUT2D eigenvalue weighted by Crippen LogP contribution is 1.98. The maximum absolute atomic E-state index is 11.3. The number of carbonyl (C=O) groups excluding carboxylic acids is 1. The van der Waals surface area contributed by atoms with Crippen LogP contribution in [-0.2, 0) is 4.79 Å². The molecule has 0 unspecified atom stereocenters. The first-order valence-corrected chi connectivity index (χ1v) is 4.35. The molecular weight excluding hydrogens is 154 g/mol. The molecule has 0 spiro atoms. The first-order valence-electron chi connectivity index (χ1n) is 4.35. The van der Waals surface area contributed by atoms with Gasteiger partial charge in [-0.25, -0.2) is 0 Å². The molecular formula is C8H17N3O. The summed E-state index contributed by atoms with van der Waals surface area (Å²) in [6.07, 6.45) is 0. The van der Waals surface area contributed by atoms with Crippen LogP contribution in [0.5, 0.6) is 0 Å². The number of nitrogens with zero attached hydrogens (tertiary/aromatic N) is 2. The Kier molecular flexibility index (Phi) is 3.49. The van der Waals surface area contributed by atoms with Crippen molar-refractivity contribution in [2.45, 2.75) is 0 Å². The highest BCUT2D eigenvalue weighted by atomic mass is 16.2. The number of rotatable bonds is 2. The third-order valence-electron chi connectivity index (χ3n) is 2.18. The van der Waals surface area contributed by atoms with Crippen LogP contribution in [0.2, 0.25) is 0 Å². The van der Waals surface area contributed by atoms with Crippen LogP contribution in [0.3, 0.4) is 0 Å². The zero-order chi connectivity index (χ0) is 8.97. The number of carbonyl (C=O) groups is 1. The maximum Gasteiger partial charge on any atom is 0.236 e. The minimum atomic E-state index is 0.214. The monoisotopic (exact) mass is 171 g/mol. The number of hydrogen-bond donors (Lipinski definition) is 1. The second-order valence-electron chi connectivity index (χ2n) is 3.21. The molecule has 4 heteroatoms. The first-order chi connectivity index (χ1) is 5.74. The molecule has 4 nitrogen and oxygen atoms in total. The quantitative estimate of drug-likeness (QED) is 0.577. The van der Waals surface area contributed by atoms with Crippen LogP contribution in [-0.4, -0.2) is 62.5 Å². The van der Waals surface area contributed by atoms with E-state index in [1.54, 1.807) is 7.05 Å². The number of hydrogen-bond acceptors (Lipinski definition) is 3. The Balaban J connectivity index is 2.29. The zero-order valence-corrected chi connectivity index (χ0v) is 7.84. The molecule has 12 heavy (non-hydrogen) atoms. The molecule has 0 saturated carbocycles. The van der Waals surface area contributed by atoms with E-state index in [0.29, 0.717) is 6.54 Å². The van der Waals surface area contributed by atoms with Gasteiger partial charge >= 0.3 is 0 Å². The van der Waals surface area contributed by atoms with Gasteiger partial charge in [-0.05, 0) is 14.1 Å². The number of piperazine rings is 1. The van der Waals surface area contributed by atoms with E-state index in [2.05, 4.69) is 17.3 Å². The van der Waals surface area contributed by atoms with Crippen LogP contribution in [0.1, 0.15) is 0 Å². The van der Waals surface area contributed by atoms with E-state index in [-0.39, 0.29) is 5.91 Å². The number of amides is 1. The van der Waals surface area contributed by atoms with Crippen molar-refractivity contribution >= 4 is 5.91 Å². The van der Waals surface area contributed by atoms with Gasteiger partial charge in [0.2, 0.25) is 5.91 Å². The lowest BCUT2D eigenvalue weighted by Crippen LogP contribution is -2.49. The minimum Gasteiger partial charge on any atom is -0.339 e. The summed E-state index contributed by atoms with van der Waals surface area (Å²) >= 11 is 0. The second kappa shape index (κ2) is 4.42. The molecule has 1 amide bonds. The Morgan fingerprint density at radius 1 is 1.33 bits per heavy atom. The lowest BCUT2D eigenvalue weighted by molar-refractivity contribution is -0.131. The van der Waals surface area contributed by atoms with Crippen LogP contribution in [0.25, 0.3) is 0 Å². The van der Waals surface area contributed by atoms with Gasteiger partial charge in [0.1, 0.15) is 0 Å². The van der Waals surface area contributed by atoms with E-state index < -0.39 is 0 Å². The summed E-state index contributed by atoms with van der Waals surface area (Å²) in [6, 6.07) is 0. The van der Waals surface area contributed by atoms with Gasteiger partial charge in [-0.2, -0.15) is 0 Å². The molecule has 70 valence electrons. The SMILES string of the molecule is CNCC(=O)N1CCN(C)CC1. The largest absolute Gasteiger partial charge is 0.339 e. The Morgan fingerprint density at radius 2 is 1.92 bits per heavy atom. The second-order valence-corrected chi connectivity index (χ2v) is 3.21. The Labute approximate surface area is 73.5 Å². The normalized spacial score (nSPS) is 19.7. The molecule has 1 aliphatic rings. The van der Waals surface area contributed by atoms with Crippen LogP contribution in [0, 0.1) is 0 Å². The van der Waals surface area contributed by atoms with E-state index in [0.717, 1.165) is 26.2 Å². The summed E-state index contributed by atoms with van der Waals surface area (Å²) in [5.41, 5.74) is 0. The predicted molar refractivity (Wildman–Crippen MR) is 48.0 cm³/mol. The number of nitrogens with one attached hydrogen (secondary N) is 1. The molecule has 1 aliphatic heterocycles. The molecule has 1 saturated heterocycles. The summed E-state index contributed by atoms with van der Waals surface area (Å²) in [4.78, 5) is 15.5. The highest BCUT2D eigenvalue weighted by molar-refractivity contribution is 5.78.